The zero-order valence-electron chi connectivity index (χ0n) is 13.4. The number of halogens is 1. The molecule has 0 saturated carbocycles. The van der Waals surface area contributed by atoms with E-state index in [4.69, 9.17) is 28.8 Å². The van der Waals surface area contributed by atoms with Gasteiger partial charge in [-0.25, -0.2) is 4.98 Å². The van der Waals surface area contributed by atoms with Gasteiger partial charge in [0.25, 0.3) is 0 Å². The maximum absolute atomic E-state index is 10.2. The molecule has 4 nitrogen and oxygen atoms in total. The van der Waals surface area contributed by atoms with Gasteiger partial charge in [0.1, 0.15) is 5.01 Å². The molecule has 126 valence electrons. The van der Waals surface area contributed by atoms with Crippen LogP contribution in [0.25, 0.3) is 16.6 Å². The number of phenolic OH excluding ortho intramolecular Hbond substituents is 1. The van der Waals surface area contributed by atoms with Crippen molar-refractivity contribution in [3.8, 4) is 16.3 Å². The fourth-order valence-electron chi connectivity index (χ4n) is 2.45. The summed E-state index contributed by atoms with van der Waals surface area (Å²) in [6.07, 6.45) is 6.26. The van der Waals surface area contributed by atoms with Crippen LogP contribution in [0.3, 0.4) is 0 Å². The Kier molecular flexibility index (Phi) is 5.08. The number of phenols is 1. The van der Waals surface area contributed by atoms with Gasteiger partial charge in [0.15, 0.2) is 10.9 Å². The molecule has 1 heterocycles. The van der Waals surface area contributed by atoms with Gasteiger partial charge < -0.3 is 15.7 Å². The van der Waals surface area contributed by atoms with Crippen molar-refractivity contribution in [3.05, 3.63) is 33.8 Å². The van der Waals surface area contributed by atoms with E-state index in [0.717, 1.165) is 29.1 Å². The molecule has 0 saturated heterocycles. The SMILES string of the molecule is CC(C)NC(=S)Nc1cc(-c2nc3c(s2)C=CCC3)cc(Cl)c1O. The van der Waals surface area contributed by atoms with Gasteiger partial charge in [0, 0.05) is 11.6 Å². The number of anilines is 1. The smallest absolute Gasteiger partial charge is 0.171 e. The highest BCUT2D eigenvalue weighted by Crippen LogP contribution is 2.39. The van der Waals surface area contributed by atoms with Crippen molar-refractivity contribution >= 4 is 52.0 Å². The van der Waals surface area contributed by atoms with Gasteiger partial charge in [-0.3, -0.25) is 0 Å². The molecule has 3 rings (SSSR count). The van der Waals surface area contributed by atoms with Gasteiger partial charge in [0.2, 0.25) is 0 Å². The van der Waals surface area contributed by atoms with E-state index >= 15 is 0 Å². The Morgan fingerprint density at radius 1 is 1.42 bits per heavy atom. The van der Waals surface area contributed by atoms with E-state index in [0.29, 0.717) is 10.8 Å². The van der Waals surface area contributed by atoms with Crippen molar-refractivity contribution in [2.45, 2.75) is 32.7 Å². The first-order valence-corrected chi connectivity index (χ1v) is 9.31. The van der Waals surface area contributed by atoms with E-state index in [1.165, 1.54) is 4.88 Å². The Balaban J connectivity index is 1.93. The summed E-state index contributed by atoms with van der Waals surface area (Å²) in [4.78, 5) is 5.90. The van der Waals surface area contributed by atoms with Gasteiger partial charge in [0.05, 0.1) is 21.3 Å². The summed E-state index contributed by atoms with van der Waals surface area (Å²) >= 11 is 13.1. The maximum atomic E-state index is 10.2. The summed E-state index contributed by atoms with van der Waals surface area (Å²) in [5.74, 6) is -0.0189. The van der Waals surface area contributed by atoms with Crippen LogP contribution < -0.4 is 10.6 Å². The summed E-state index contributed by atoms with van der Waals surface area (Å²) in [7, 11) is 0. The van der Waals surface area contributed by atoms with Crippen LogP contribution in [0.15, 0.2) is 18.2 Å². The number of hydrogen-bond donors (Lipinski definition) is 3. The summed E-state index contributed by atoms with van der Waals surface area (Å²) in [5, 5.41) is 17.9. The Morgan fingerprint density at radius 3 is 2.92 bits per heavy atom. The lowest BCUT2D eigenvalue weighted by molar-refractivity contribution is 0.478. The molecule has 0 fully saturated rings. The van der Waals surface area contributed by atoms with Crippen LogP contribution in [-0.4, -0.2) is 21.2 Å². The highest BCUT2D eigenvalue weighted by Gasteiger charge is 2.16. The Hall–Kier alpha value is -1.63. The number of rotatable bonds is 3. The largest absolute Gasteiger partial charge is 0.504 e. The molecule has 1 aromatic heterocycles. The first-order valence-electron chi connectivity index (χ1n) is 7.70. The Bertz CT molecular complexity index is 814. The van der Waals surface area contributed by atoms with E-state index < -0.39 is 0 Å². The van der Waals surface area contributed by atoms with E-state index in [-0.39, 0.29) is 16.8 Å². The lowest BCUT2D eigenvalue weighted by Crippen LogP contribution is -2.33. The van der Waals surface area contributed by atoms with Crippen molar-refractivity contribution < 1.29 is 5.11 Å². The third-order valence-electron chi connectivity index (χ3n) is 3.52. The number of nitrogens with one attached hydrogen (secondary N) is 2. The molecule has 24 heavy (non-hydrogen) atoms. The van der Waals surface area contributed by atoms with Crippen LogP contribution in [0.2, 0.25) is 5.02 Å². The molecule has 3 N–H and O–H groups in total. The van der Waals surface area contributed by atoms with E-state index in [2.05, 4.69) is 22.8 Å². The molecule has 1 aliphatic rings. The number of allylic oxidation sites excluding steroid dienone is 1. The zero-order chi connectivity index (χ0) is 17.3. The number of thiocarbonyl (C=S) groups is 1. The second-order valence-electron chi connectivity index (χ2n) is 5.88. The quantitative estimate of drug-likeness (QED) is 0.527. The fraction of sp³-hybridized carbons (Fsp3) is 0.294. The molecule has 7 heteroatoms. The summed E-state index contributed by atoms with van der Waals surface area (Å²) in [6, 6.07) is 3.75. The number of fused-ring (bicyclic) bond motifs is 1. The Labute approximate surface area is 155 Å². The van der Waals surface area contributed by atoms with Crippen molar-refractivity contribution in [2.75, 3.05) is 5.32 Å². The third-order valence-corrected chi connectivity index (χ3v) is 5.14. The number of nitrogens with zero attached hydrogens (tertiary/aromatic N) is 1. The molecule has 0 amide bonds. The summed E-state index contributed by atoms with van der Waals surface area (Å²) < 4.78 is 0. The molecule has 0 atom stereocenters. The fourth-order valence-corrected chi connectivity index (χ4v) is 4.04. The number of hydrogen-bond acceptors (Lipinski definition) is 4. The van der Waals surface area contributed by atoms with Crippen LogP contribution in [-0.2, 0) is 6.42 Å². The molecule has 2 aromatic rings. The minimum atomic E-state index is -0.0189. The monoisotopic (exact) mass is 379 g/mol. The number of benzene rings is 1. The van der Waals surface area contributed by atoms with Crippen LogP contribution >= 0.6 is 35.2 Å². The molecular formula is C17H18ClN3OS2. The molecule has 1 aliphatic carbocycles. The average Bonchev–Trinajstić information content (AvgIpc) is 2.94. The number of aromatic hydroxyl groups is 1. The Morgan fingerprint density at radius 2 is 2.21 bits per heavy atom. The van der Waals surface area contributed by atoms with E-state index in [1.54, 1.807) is 17.4 Å². The van der Waals surface area contributed by atoms with Gasteiger partial charge in [-0.15, -0.1) is 11.3 Å². The van der Waals surface area contributed by atoms with Gasteiger partial charge in [-0.05, 0) is 57.1 Å². The van der Waals surface area contributed by atoms with Crippen LogP contribution in [0, 0.1) is 0 Å². The average molecular weight is 380 g/mol. The summed E-state index contributed by atoms with van der Waals surface area (Å²) in [5.41, 5.74) is 2.45. The lowest BCUT2D eigenvalue weighted by Gasteiger charge is -2.15. The molecule has 0 aliphatic heterocycles. The zero-order valence-corrected chi connectivity index (χ0v) is 15.8. The minimum absolute atomic E-state index is 0.0189. The van der Waals surface area contributed by atoms with E-state index in [1.807, 2.05) is 19.9 Å². The van der Waals surface area contributed by atoms with Gasteiger partial charge in [-0.1, -0.05) is 17.7 Å². The van der Waals surface area contributed by atoms with Crippen LogP contribution in [0.5, 0.6) is 5.75 Å². The first-order chi connectivity index (χ1) is 11.4. The molecule has 0 spiro atoms. The van der Waals surface area contributed by atoms with Crippen molar-refractivity contribution in [1.29, 1.82) is 0 Å². The topological polar surface area (TPSA) is 57.2 Å². The predicted molar refractivity (Wildman–Crippen MR) is 106 cm³/mol. The number of aryl methyl sites for hydroxylation is 1. The van der Waals surface area contributed by atoms with Gasteiger partial charge >= 0.3 is 0 Å². The molecule has 0 bridgehead atoms. The molecule has 0 unspecified atom stereocenters. The van der Waals surface area contributed by atoms with Crippen molar-refractivity contribution in [2.24, 2.45) is 0 Å². The second kappa shape index (κ2) is 7.09. The third kappa shape index (κ3) is 3.71. The number of aromatic nitrogens is 1. The van der Waals surface area contributed by atoms with Crippen molar-refractivity contribution in [3.63, 3.8) is 0 Å². The molecular weight excluding hydrogens is 362 g/mol. The highest BCUT2D eigenvalue weighted by atomic mass is 35.5. The molecule has 0 radical (unpaired) electrons. The van der Waals surface area contributed by atoms with E-state index in [9.17, 15) is 5.11 Å². The van der Waals surface area contributed by atoms with Crippen LogP contribution in [0.1, 0.15) is 30.8 Å². The summed E-state index contributed by atoms with van der Waals surface area (Å²) in [6.45, 7) is 3.98. The molecule has 1 aromatic carbocycles. The first kappa shape index (κ1) is 17.2. The normalized spacial score (nSPS) is 13.0. The van der Waals surface area contributed by atoms with Gasteiger partial charge in [-0.2, -0.15) is 0 Å². The standard InChI is InChI=1S/C17H18ClN3OS2/c1-9(2)19-17(23)21-13-8-10(7-11(18)15(13)22)16-20-12-5-3-4-6-14(12)24-16/h4,6-9,22H,3,5H2,1-2H3,(H2,19,21,23). The predicted octanol–water partition coefficient (Wildman–Crippen LogP) is 4.82. The highest BCUT2D eigenvalue weighted by molar-refractivity contribution is 7.80. The second-order valence-corrected chi connectivity index (χ2v) is 7.72. The maximum Gasteiger partial charge on any atom is 0.171 e. The lowest BCUT2D eigenvalue weighted by atomic mass is 10.1. The van der Waals surface area contributed by atoms with Crippen molar-refractivity contribution in [1.82, 2.24) is 10.3 Å². The number of thiazole rings is 1. The van der Waals surface area contributed by atoms with Crippen LogP contribution in [0.4, 0.5) is 5.69 Å². The minimum Gasteiger partial charge on any atom is -0.504 e.